The summed E-state index contributed by atoms with van der Waals surface area (Å²) in [5.74, 6) is -15.1. The van der Waals surface area contributed by atoms with E-state index in [0.29, 0.717) is 14.1 Å². The Bertz CT molecular complexity index is 399. The van der Waals surface area contributed by atoms with E-state index in [-0.39, 0.29) is 4.90 Å². The average Bonchev–Trinajstić information content (AvgIpc) is 2.19. The van der Waals surface area contributed by atoms with E-state index in [4.69, 9.17) is 0 Å². The molecule has 0 aromatic heterocycles. The van der Waals surface area contributed by atoms with E-state index in [2.05, 4.69) is 0 Å². The second kappa shape index (κ2) is 5.55. The van der Waals surface area contributed by atoms with Gasteiger partial charge in [0.15, 0.2) is 0 Å². The largest absolute Gasteiger partial charge is 0.459 e. The summed E-state index contributed by atoms with van der Waals surface area (Å²) in [7, 11) is 0.738. The van der Waals surface area contributed by atoms with Crippen molar-refractivity contribution in [1.82, 2.24) is 4.90 Å². The van der Waals surface area contributed by atoms with Crippen molar-refractivity contribution in [3.8, 4) is 0 Å². The van der Waals surface area contributed by atoms with Crippen molar-refractivity contribution in [2.24, 2.45) is 5.41 Å². The first-order valence-corrected chi connectivity index (χ1v) is 5.27. The zero-order valence-corrected chi connectivity index (χ0v) is 11.1. The van der Waals surface area contributed by atoms with Gasteiger partial charge in [-0.2, -0.15) is 57.1 Å². The van der Waals surface area contributed by atoms with Gasteiger partial charge in [0.1, 0.15) is 0 Å². The molecule has 0 unspecified atom stereocenters. The standard InChI is InChI=1S/C9H8F13N/c1-23(2)3-4(7(14,15)16,8(17,18)19)5(10,11)6(12,13)9(20,21)22/h3H2,1-2H3. The molecule has 0 aliphatic rings. The van der Waals surface area contributed by atoms with Gasteiger partial charge in [0, 0.05) is 6.54 Å². The maximum absolute atomic E-state index is 13.4. The van der Waals surface area contributed by atoms with E-state index >= 15 is 0 Å². The lowest BCUT2D eigenvalue weighted by atomic mass is 9.75. The predicted molar refractivity (Wildman–Crippen MR) is 49.0 cm³/mol. The van der Waals surface area contributed by atoms with Crippen molar-refractivity contribution in [2.45, 2.75) is 30.4 Å². The molecule has 0 rings (SSSR count). The summed E-state index contributed by atoms with van der Waals surface area (Å²) >= 11 is 0. The van der Waals surface area contributed by atoms with Crippen LogP contribution in [0.3, 0.4) is 0 Å². The zero-order valence-electron chi connectivity index (χ0n) is 11.1. The Balaban J connectivity index is 6.81. The van der Waals surface area contributed by atoms with Crippen LogP contribution in [0.2, 0.25) is 0 Å². The van der Waals surface area contributed by atoms with Gasteiger partial charge in [0.2, 0.25) is 5.41 Å². The van der Waals surface area contributed by atoms with Crippen molar-refractivity contribution in [1.29, 1.82) is 0 Å². The molecular formula is C9H8F13N. The third kappa shape index (κ3) is 3.18. The molecule has 0 aromatic carbocycles. The van der Waals surface area contributed by atoms with E-state index in [9.17, 15) is 57.1 Å². The molecule has 0 aromatic rings. The van der Waals surface area contributed by atoms with Gasteiger partial charge in [-0.05, 0) is 14.1 Å². The molecule has 0 aliphatic carbocycles. The number of hydrogen-bond donors (Lipinski definition) is 0. The average molecular weight is 377 g/mol. The lowest BCUT2D eigenvalue weighted by Crippen LogP contribution is -2.72. The number of nitrogens with zero attached hydrogens (tertiary/aromatic N) is 1. The highest BCUT2D eigenvalue weighted by Crippen LogP contribution is 2.65. The van der Waals surface area contributed by atoms with Crippen molar-refractivity contribution < 1.29 is 57.1 Å². The predicted octanol–water partition coefficient (Wildman–Crippen LogP) is 4.49. The lowest BCUT2D eigenvalue weighted by Gasteiger charge is -2.46. The van der Waals surface area contributed by atoms with E-state index in [1.807, 2.05) is 0 Å². The molecule has 0 bridgehead atoms. The molecule has 0 amide bonds. The maximum Gasteiger partial charge on any atom is 0.459 e. The van der Waals surface area contributed by atoms with Crippen molar-refractivity contribution in [3.05, 3.63) is 0 Å². The van der Waals surface area contributed by atoms with Gasteiger partial charge in [0.25, 0.3) is 0 Å². The molecule has 1 nitrogen and oxygen atoms in total. The molecular weight excluding hydrogens is 369 g/mol. The summed E-state index contributed by atoms with van der Waals surface area (Å²) in [6.07, 6.45) is -21.7. The van der Waals surface area contributed by atoms with Crippen LogP contribution < -0.4 is 0 Å². The van der Waals surface area contributed by atoms with Gasteiger partial charge in [-0.3, -0.25) is 0 Å². The van der Waals surface area contributed by atoms with Crippen LogP contribution in [-0.2, 0) is 0 Å². The number of rotatable bonds is 4. The molecule has 0 atom stereocenters. The summed E-state index contributed by atoms with van der Waals surface area (Å²) in [5.41, 5.74) is -6.64. The maximum atomic E-state index is 13.4. The SMILES string of the molecule is CN(C)CC(C(F)(F)F)(C(F)(F)F)C(F)(F)C(F)(F)C(F)(F)F. The van der Waals surface area contributed by atoms with Crippen LogP contribution in [-0.4, -0.2) is 55.9 Å². The summed E-state index contributed by atoms with van der Waals surface area (Å²) in [4.78, 5) is -0.221. The van der Waals surface area contributed by atoms with Crippen molar-refractivity contribution in [2.75, 3.05) is 20.6 Å². The molecule has 0 N–H and O–H groups in total. The number of alkyl halides is 13. The van der Waals surface area contributed by atoms with Crippen LogP contribution in [0.25, 0.3) is 0 Å². The Labute approximate surface area is 120 Å². The second-order valence-corrected chi connectivity index (χ2v) is 4.79. The van der Waals surface area contributed by atoms with Gasteiger partial charge >= 0.3 is 30.4 Å². The van der Waals surface area contributed by atoms with Crippen LogP contribution in [0, 0.1) is 5.41 Å². The van der Waals surface area contributed by atoms with Gasteiger partial charge in [0.05, 0.1) is 0 Å². The minimum Gasteiger partial charge on any atom is -0.308 e. The first kappa shape index (κ1) is 22.1. The second-order valence-electron chi connectivity index (χ2n) is 4.79. The van der Waals surface area contributed by atoms with E-state index < -0.39 is 42.3 Å². The number of halogens is 13. The quantitative estimate of drug-likeness (QED) is 0.653. The third-order valence-corrected chi connectivity index (χ3v) is 2.81. The summed E-state index contributed by atoms with van der Waals surface area (Å²) in [6.45, 7) is -2.88. The van der Waals surface area contributed by atoms with Crippen LogP contribution >= 0.6 is 0 Å². The highest BCUT2D eigenvalue weighted by Gasteiger charge is 2.92. The molecule has 140 valence electrons. The Morgan fingerprint density at radius 1 is 0.522 bits per heavy atom. The van der Waals surface area contributed by atoms with Gasteiger partial charge in [-0.1, -0.05) is 0 Å². The zero-order chi connectivity index (χ0) is 19.3. The van der Waals surface area contributed by atoms with Crippen LogP contribution in [0.5, 0.6) is 0 Å². The topological polar surface area (TPSA) is 3.24 Å². The summed E-state index contributed by atoms with van der Waals surface area (Å²) in [5, 5.41) is 0. The molecule has 0 saturated carbocycles. The number of hydrogen-bond acceptors (Lipinski definition) is 1. The smallest absolute Gasteiger partial charge is 0.308 e. The van der Waals surface area contributed by atoms with Crippen LogP contribution in [0.4, 0.5) is 57.1 Å². The Morgan fingerprint density at radius 2 is 0.826 bits per heavy atom. The van der Waals surface area contributed by atoms with E-state index in [1.54, 1.807) is 0 Å². The Hall–Kier alpha value is -0.950. The highest BCUT2D eigenvalue weighted by molar-refractivity contribution is 5.12. The fourth-order valence-corrected chi connectivity index (χ4v) is 1.72. The van der Waals surface area contributed by atoms with E-state index in [1.165, 1.54) is 0 Å². The van der Waals surface area contributed by atoms with Crippen molar-refractivity contribution in [3.63, 3.8) is 0 Å². The fraction of sp³-hybridized carbons (Fsp3) is 1.00. The fourth-order valence-electron chi connectivity index (χ4n) is 1.72. The van der Waals surface area contributed by atoms with Gasteiger partial charge in [-0.25, -0.2) is 0 Å². The van der Waals surface area contributed by atoms with Crippen LogP contribution in [0.15, 0.2) is 0 Å². The first-order chi connectivity index (χ1) is 9.67. The molecule has 0 saturated heterocycles. The Morgan fingerprint density at radius 3 is 1.00 bits per heavy atom. The molecule has 0 radical (unpaired) electrons. The molecule has 0 heterocycles. The van der Waals surface area contributed by atoms with E-state index in [0.717, 1.165) is 0 Å². The summed E-state index contributed by atoms with van der Waals surface area (Å²) < 4.78 is 165. The minimum atomic E-state index is -7.58. The highest BCUT2D eigenvalue weighted by atomic mass is 19.4. The molecule has 0 fully saturated rings. The van der Waals surface area contributed by atoms with Gasteiger partial charge < -0.3 is 4.90 Å². The lowest BCUT2D eigenvalue weighted by molar-refractivity contribution is -0.460. The molecule has 0 aliphatic heterocycles. The minimum absolute atomic E-state index is 0.221. The first-order valence-electron chi connectivity index (χ1n) is 5.27. The summed E-state index contributed by atoms with van der Waals surface area (Å²) in [6, 6.07) is 0. The molecule has 14 heteroatoms. The monoisotopic (exact) mass is 377 g/mol. The molecule has 23 heavy (non-hydrogen) atoms. The van der Waals surface area contributed by atoms with Crippen LogP contribution in [0.1, 0.15) is 0 Å². The Kier molecular flexibility index (Phi) is 5.32. The van der Waals surface area contributed by atoms with Crippen molar-refractivity contribution >= 4 is 0 Å². The normalized spacial score (nSPS) is 16.2. The van der Waals surface area contributed by atoms with Gasteiger partial charge in [-0.15, -0.1) is 0 Å². The third-order valence-electron chi connectivity index (χ3n) is 2.81. The molecule has 0 spiro atoms.